The van der Waals surface area contributed by atoms with E-state index in [0.29, 0.717) is 11.5 Å². The molecule has 234 valence electrons. The molecule has 1 aliphatic rings. The first-order valence-corrected chi connectivity index (χ1v) is 15.1. The predicted molar refractivity (Wildman–Crippen MR) is 187 cm³/mol. The molecule has 0 radical (unpaired) electrons. The van der Waals surface area contributed by atoms with Gasteiger partial charge in [-0.1, -0.05) is 24.3 Å². The molecule has 0 saturated heterocycles. The lowest BCUT2D eigenvalue weighted by Crippen LogP contribution is -1.99. The van der Waals surface area contributed by atoms with Gasteiger partial charge in [0.1, 0.15) is 34.5 Å². The zero-order valence-corrected chi connectivity index (χ0v) is 26.7. The maximum atomic E-state index is 6.39. The smallest absolute Gasteiger partial charge is 0.361 e. The molecule has 2 heterocycles. The van der Waals surface area contributed by atoms with E-state index in [1.807, 2.05) is 140 Å². The summed E-state index contributed by atoms with van der Waals surface area (Å²) in [4.78, 5) is 0. The Morgan fingerprint density at radius 1 is 0.511 bits per heavy atom. The largest absolute Gasteiger partial charge is 0.497 e. The van der Waals surface area contributed by atoms with Gasteiger partial charge < -0.3 is 23.7 Å². The second-order valence-electron chi connectivity index (χ2n) is 10.7. The Hall–Kier alpha value is -6.01. The third kappa shape index (κ3) is 7.45. The molecule has 47 heavy (non-hydrogen) atoms. The van der Waals surface area contributed by atoms with Crippen molar-refractivity contribution in [3.63, 3.8) is 0 Å². The van der Waals surface area contributed by atoms with Gasteiger partial charge in [-0.25, -0.2) is 4.42 Å². The van der Waals surface area contributed by atoms with Gasteiger partial charge in [-0.2, -0.15) is 0 Å². The summed E-state index contributed by atoms with van der Waals surface area (Å²) >= 11 is 0. The van der Waals surface area contributed by atoms with E-state index in [-0.39, 0.29) is 0 Å². The molecule has 0 unspecified atom stereocenters. The lowest BCUT2D eigenvalue weighted by Gasteiger charge is -2.18. The Morgan fingerprint density at radius 3 is 1.53 bits per heavy atom. The van der Waals surface area contributed by atoms with Gasteiger partial charge in [0, 0.05) is 17.2 Å². The van der Waals surface area contributed by atoms with Crippen LogP contribution < -0.4 is 18.9 Å². The maximum absolute atomic E-state index is 6.39. The minimum atomic E-state index is 0.682. The summed E-state index contributed by atoms with van der Waals surface area (Å²) in [6.45, 7) is 0. The van der Waals surface area contributed by atoms with Gasteiger partial charge >= 0.3 is 11.5 Å². The summed E-state index contributed by atoms with van der Waals surface area (Å²) in [6.07, 6.45) is 9.86. The molecule has 0 spiro atoms. The summed E-state index contributed by atoms with van der Waals surface area (Å²) in [7, 11) is 6.64. The molecule has 1 aromatic heterocycles. The number of benzene rings is 4. The lowest BCUT2D eigenvalue weighted by atomic mass is 10.00. The van der Waals surface area contributed by atoms with Gasteiger partial charge in [0.05, 0.1) is 46.1 Å². The molecule has 0 fully saturated rings. The van der Waals surface area contributed by atoms with E-state index in [2.05, 4.69) is 0 Å². The Labute approximate surface area is 275 Å². The SMILES string of the molecule is COc1ccc(C2=C/C(=C\C=C\c3cc(-c4ccc(OC)cc4)cc(-c4ccc(OC)cc4)[o+]3)OC(c3ccc(OC)cc3)=C2)cc1. The fourth-order valence-electron chi connectivity index (χ4n) is 5.14. The van der Waals surface area contributed by atoms with Crippen LogP contribution >= 0.6 is 0 Å². The highest BCUT2D eigenvalue weighted by atomic mass is 16.5. The Morgan fingerprint density at radius 2 is 1.00 bits per heavy atom. The van der Waals surface area contributed by atoms with Crippen molar-refractivity contribution in [3.05, 3.63) is 156 Å². The van der Waals surface area contributed by atoms with E-state index in [1.54, 1.807) is 28.4 Å². The van der Waals surface area contributed by atoms with Gasteiger partial charge in [-0.3, -0.25) is 0 Å². The van der Waals surface area contributed by atoms with Crippen LogP contribution in [0, 0.1) is 0 Å². The van der Waals surface area contributed by atoms with E-state index in [0.717, 1.165) is 67.9 Å². The fraction of sp³-hybridized carbons (Fsp3) is 0.0976. The second-order valence-corrected chi connectivity index (χ2v) is 10.7. The van der Waals surface area contributed by atoms with Crippen LogP contribution in [0.4, 0.5) is 0 Å². The highest BCUT2D eigenvalue weighted by molar-refractivity contribution is 5.86. The predicted octanol–water partition coefficient (Wildman–Crippen LogP) is 9.98. The highest BCUT2D eigenvalue weighted by Gasteiger charge is 2.19. The Balaban J connectivity index is 1.36. The minimum absolute atomic E-state index is 0.682. The number of allylic oxidation sites excluding steroid dienone is 5. The van der Waals surface area contributed by atoms with E-state index >= 15 is 0 Å². The zero-order valence-electron chi connectivity index (χ0n) is 26.7. The molecule has 0 saturated carbocycles. The summed E-state index contributed by atoms with van der Waals surface area (Å²) in [6, 6.07) is 35.7. The van der Waals surface area contributed by atoms with Gasteiger partial charge in [0.2, 0.25) is 0 Å². The number of hydrogen-bond donors (Lipinski definition) is 0. The molecule has 6 nitrogen and oxygen atoms in total. The lowest BCUT2D eigenvalue weighted by molar-refractivity contribution is 0.397. The first-order valence-electron chi connectivity index (χ1n) is 15.1. The molecule has 0 amide bonds. The second kappa shape index (κ2) is 14.4. The topological polar surface area (TPSA) is 57.5 Å². The van der Waals surface area contributed by atoms with Crippen LogP contribution in [0.25, 0.3) is 39.9 Å². The molecule has 0 bridgehead atoms. The van der Waals surface area contributed by atoms with Gasteiger partial charge in [0.15, 0.2) is 0 Å². The summed E-state index contributed by atoms with van der Waals surface area (Å²) in [5.41, 5.74) is 5.98. The summed E-state index contributed by atoms with van der Waals surface area (Å²) in [5, 5.41) is 0. The minimum Gasteiger partial charge on any atom is -0.497 e. The molecule has 1 aliphatic heterocycles. The van der Waals surface area contributed by atoms with Crippen LogP contribution in [-0.2, 0) is 4.74 Å². The van der Waals surface area contributed by atoms with Gasteiger partial charge in [0.25, 0.3) is 0 Å². The van der Waals surface area contributed by atoms with Crippen molar-refractivity contribution < 1.29 is 28.1 Å². The molecule has 6 heteroatoms. The van der Waals surface area contributed by atoms with E-state index < -0.39 is 0 Å². The molecule has 5 aromatic rings. The van der Waals surface area contributed by atoms with Crippen molar-refractivity contribution in [1.29, 1.82) is 0 Å². The van der Waals surface area contributed by atoms with E-state index in [9.17, 15) is 0 Å². The first-order chi connectivity index (χ1) is 23.0. The fourth-order valence-corrected chi connectivity index (χ4v) is 5.14. The van der Waals surface area contributed by atoms with Crippen LogP contribution in [0.3, 0.4) is 0 Å². The van der Waals surface area contributed by atoms with Crippen molar-refractivity contribution in [2.24, 2.45) is 0 Å². The number of hydrogen-bond acceptors (Lipinski definition) is 5. The average Bonchev–Trinajstić information content (AvgIpc) is 3.14. The monoisotopic (exact) mass is 623 g/mol. The van der Waals surface area contributed by atoms with Crippen LogP contribution in [0.1, 0.15) is 16.9 Å². The number of rotatable bonds is 10. The van der Waals surface area contributed by atoms with Crippen molar-refractivity contribution in [1.82, 2.24) is 0 Å². The van der Waals surface area contributed by atoms with E-state index in [1.165, 1.54) is 0 Å². The third-order valence-corrected chi connectivity index (χ3v) is 7.74. The Bertz CT molecular complexity index is 1880. The van der Waals surface area contributed by atoms with Crippen LogP contribution in [0.5, 0.6) is 23.0 Å². The van der Waals surface area contributed by atoms with Crippen LogP contribution in [0.15, 0.2) is 144 Å². The first kappa shape index (κ1) is 31.0. The molecule has 6 rings (SSSR count). The molecule has 0 atom stereocenters. The highest BCUT2D eigenvalue weighted by Crippen LogP contribution is 2.34. The Kier molecular flexibility index (Phi) is 9.49. The third-order valence-electron chi connectivity index (χ3n) is 7.74. The maximum Gasteiger partial charge on any atom is 0.361 e. The van der Waals surface area contributed by atoms with Crippen molar-refractivity contribution in [2.45, 2.75) is 0 Å². The van der Waals surface area contributed by atoms with Crippen molar-refractivity contribution >= 4 is 17.4 Å². The van der Waals surface area contributed by atoms with Gasteiger partial charge in [-0.05, 0) is 114 Å². The summed E-state index contributed by atoms with van der Waals surface area (Å²) in [5.74, 6) is 5.99. The van der Waals surface area contributed by atoms with E-state index in [4.69, 9.17) is 28.1 Å². The summed E-state index contributed by atoms with van der Waals surface area (Å²) < 4.78 is 34.2. The number of methoxy groups -OCH3 is 4. The quantitative estimate of drug-likeness (QED) is 0.144. The van der Waals surface area contributed by atoms with Crippen molar-refractivity contribution in [3.8, 4) is 45.4 Å². The zero-order chi connectivity index (χ0) is 32.6. The van der Waals surface area contributed by atoms with Gasteiger partial charge in [-0.15, -0.1) is 0 Å². The van der Waals surface area contributed by atoms with Crippen LogP contribution in [-0.4, -0.2) is 28.4 Å². The van der Waals surface area contributed by atoms with Crippen LogP contribution in [0.2, 0.25) is 0 Å². The van der Waals surface area contributed by atoms with Crippen molar-refractivity contribution in [2.75, 3.05) is 28.4 Å². The molecular formula is C41H35O6+. The number of ether oxygens (including phenoxy) is 5. The molecule has 4 aromatic carbocycles. The standard InChI is InChI=1S/C41H35O6/c1-42-34-16-8-28(9-17-34)32-24-38(46-40(26-32)30-12-20-36(44-3)21-13-30)6-5-7-39-25-33(29-10-18-35(43-2)19-11-29)27-41(47-39)31-14-22-37(45-4)23-15-31/h5-27H,1-4H3/q+1. The average molecular weight is 624 g/mol. The molecular weight excluding hydrogens is 588 g/mol. The molecule has 0 N–H and O–H groups in total. The normalized spacial score (nSPS) is 13.5. The molecule has 0 aliphatic carbocycles.